The summed E-state index contributed by atoms with van der Waals surface area (Å²) >= 11 is 0. The van der Waals surface area contributed by atoms with Crippen LogP contribution in [0.2, 0.25) is 6.32 Å². The lowest BCUT2D eigenvalue weighted by Gasteiger charge is -2.43. The van der Waals surface area contributed by atoms with Crippen LogP contribution >= 0.6 is 0 Å². The minimum Gasteiger partial charge on any atom is -0.507 e. The van der Waals surface area contributed by atoms with E-state index in [4.69, 9.17) is 4.65 Å². The normalized spacial score (nSPS) is 25.4. The zero-order valence-corrected chi connectivity index (χ0v) is 27.7. The molecular formula is C40H45BN2O5. The number of carbonyl (C=O) groups is 2. The number of fused-ring (bicyclic) bond motifs is 3. The van der Waals surface area contributed by atoms with Crippen LogP contribution in [0.1, 0.15) is 62.1 Å². The molecule has 3 aromatic rings. The molecule has 3 fully saturated rings. The highest BCUT2D eigenvalue weighted by Crippen LogP contribution is 2.52. The third-order valence-corrected chi connectivity index (χ3v) is 11.0. The number of phenols is 1. The van der Waals surface area contributed by atoms with Crippen molar-refractivity contribution in [3.05, 3.63) is 113 Å². The number of imide groups is 1. The number of amides is 2. The Kier molecular flexibility index (Phi) is 9.67. The van der Waals surface area contributed by atoms with Gasteiger partial charge in [0.25, 0.3) is 0 Å². The number of likely N-dealkylation sites (tertiary alicyclic amines) is 2. The maximum atomic E-state index is 14.3. The molecule has 248 valence electrons. The molecule has 0 saturated carbocycles. The first-order valence-corrected chi connectivity index (χ1v) is 17.6. The van der Waals surface area contributed by atoms with E-state index in [1.54, 1.807) is 11.0 Å². The molecule has 4 atom stereocenters. The van der Waals surface area contributed by atoms with Crippen molar-refractivity contribution in [1.29, 1.82) is 0 Å². The Bertz CT molecular complexity index is 1680. The number of allylic oxidation sites excluding steroid dienone is 2. The molecule has 48 heavy (non-hydrogen) atoms. The van der Waals surface area contributed by atoms with E-state index in [1.807, 2.05) is 48.5 Å². The number of rotatable bonds is 9. The fourth-order valence-corrected chi connectivity index (χ4v) is 8.70. The Balaban J connectivity index is 1.10. The molecule has 7 nitrogen and oxygen atoms in total. The molecule has 0 radical (unpaired) electrons. The van der Waals surface area contributed by atoms with Crippen molar-refractivity contribution in [2.24, 2.45) is 17.8 Å². The number of para-hydroxylation sites is 1. The predicted octanol–water partition coefficient (Wildman–Crippen LogP) is 6.58. The molecule has 0 unspecified atom stereocenters. The molecule has 0 spiro atoms. The number of benzene rings is 3. The summed E-state index contributed by atoms with van der Waals surface area (Å²) in [7, 11) is -0.999. The van der Waals surface area contributed by atoms with Crippen molar-refractivity contribution in [2.45, 2.75) is 70.5 Å². The van der Waals surface area contributed by atoms with Crippen molar-refractivity contribution in [3.8, 4) is 5.75 Å². The molecule has 2 N–H and O–H groups in total. The van der Waals surface area contributed by atoms with Gasteiger partial charge >= 0.3 is 7.12 Å². The lowest BCUT2D eigenvalue weighted by Crippen LogP contribution is -2.48. The molecule has 3 aliphatic heterocycles. The molecular weight excluding hydrogens is 599 g/mol. The van der Waals surface area contributed by atoms with Gasteiger partial charge in [0.1, 0.15) is 5.75 Å². The summed E-state index contributed by atoms with van der Waals surface area (Å²) in [4.78, 5) is 32.4. The lowest BCUT2D eigenvalue weighted by atomic mass is 9.58. The van der Waals surface area contributed by atoms with Gasteiger partial charge in [0, 0.05) is 31.2 Å². The summed E-state index contributed by atoms with van der Waals surface area (Å²) in [5, 5.41) is 21.6. The van der Waals surface area contributed by atoms with E-state index in [2.05, 4.69) is 48.2 Å². The minimum absolute atomic E-state index is 0.0222. The minimum atomic E-state index is -0.999. The van der Waals surface area contributed by atoms with Gasteiger partial charge in [-0.05, 0) is 85.2 Å². The Morgan fingerprint density at radius 3 is 2.31 bits per heavy atom. The second-order valence-corrected chi connectivity index (χ2v) is 13.8. The molecule has 3 saturated heterocycles. The first-order chi connectivity index (χ1) is 23.4. The van der Waals surface area contributed by atoms with Crippen LogP contribution in [0.5, 0.6) is 5.75 Å². The molecule has 7 rings (SSSR count). The zero-order valence-electron chi connectivity index (χ0n) is 27.7. The van der Waals surface area contributed by atoms with Crippen LogP contribution in [0.4, 0.5) is 0 Å². The molecule has 0 bridgehead atoms. The standard InChI is InChI=1S/C40H45BN2O5/c1-2-28-24-33-38(40(46)43(39(33)45)32-19-21-42(22-20-32)26-27-11-5-3-6-12-27)34-25-41(47)48-36(37(28)34)18-17-30(29-13-7-4-8-14-29)23-31-15-9-10-16-35(31)44/h3-16,23,32-34,36,38,44,47H,2,17-22,24-26H2,1H3/b30-23-/t33-,34+,36-,38-/m1/s1. The van der Waals surface area contributed by atoms with Gasteiger partial charge in [-0.1, -0.05) is 91.4 Å². The van der Waals surface area contributed by atoms with E-state index < -0.39 is 13.0 Å². The fraction of sp³-hybridized carbons (Fsp3) is 0.400. The molecule has 4 aliphatic rings. The van der Waals surface area contributed by atoms with E-state index in [9.17, 15) is 19.7 Å². The first kappa shape index (κ1) is 32.6. The van der Waals surface area contributed by atoms with Crippen molar-refractivity contribution in [1.82, 2.24) is 9.80 Å². The van der Waals surface area contributed by atoms with Crippen LogP contribution in [-0.4, -0.2) is 64.1 Å². The van der Waals surface area contributed by atoms with Crippen LogP contribution in [0.25, 0.3) is 11.6 Å². The van der Waals surface area contributed by atoms with Gasteiger partial charge in [-0.2, -0.15) is 0 Å². The maximum Gasteiger partial charge on any atom is 0.455 e. The van der Waals surface area contributed by atoms with Gasteiger partial charge < -0.3 is 14.8 Å². The average molecular weight is 645 g/mol. The highest BCUT2D eigenvalue weighted by Gasteiger charge is 2.58. The van der Waals surface area contributed by atoms with Crippen molar-refractivity contribution < 1.29 is 24.4 Å². The largest absolute Gasteiger partial charge is 0.507 e. The molecule has 3 heterocycles. The number of hydrogen-bond donors (Lipinski definition) is 2. The van der Waals surface area contributed by atoms with Gasteiger partial charge in [-0.3, -0.25) is 19.4 Å². The lowest BCUT2D eigenvalue weighted by molar-refractivity contribution is -0.144. The maximum absolute atomic E-state index is 14.3. The van der Waals surface area contributed by atoms with E-state index >= 15 is 0 Å². The topological polar surface area (TPSA) is 90.3 Å². The average Bonchev–Trinajstić information content (AvgIpc) is 3.36. The Morgan fingerprint density at radius 1 is 0.917 bits per heavy atom. The van der Waals surface area contributed by atoms with Gasteiger partial charge in [0.15, 0.2) is 0 Å². The summed E-state index contributed by atoms with van der Waals surface area (Å²) < 4.78 is 6.27. The molecule has 1 aliphatic carbocycles. The quantitative estimate of drug-likeness (QED) is 0.118. The third kappa shape index (κ3) is 6.54. The number of aromatic hydroxyl groups is 1. The summed E-state index contributed by atoms with van der Waals surface area (Å²) in [5.74, 6) is -0.880. The summed E-state index contributed by atoms with van der Waals surface area (Å²) in [6.45, 7) is 4.71. The van der Waals surface area contributed by atoms with Crippen LogP contribution in [0.15, 0.2) is 96.1 Å². The number of hydrogen-bond acceptors (Lipinski definition) is 6. The fourth-order valence-electron chi connectivity index (χ4n) is 8.70. The second-order valence-electron chi connectivity index (χ2n) is 13.8. The zero-order chi connectivity index (χ0) is 33.2. The Hall–Kier alpha value is -3.98. The highest BCUT2D eigenvalue weighted by atomic mass is 16.5. The molecule has 8 heteroatoms. The first-order valence-electron chi connectivity index (χ1n) is 17.6. The van der Waals surface area contributed by atoms with E-state index in [1.165, 1.54) is 11.1 Å². The number of phenolic OH excluding ortho intramolecular Hbond substituents is 1. The van der Waals surface area contributed by atoms with Crippen molar-refractivity contribution >= 4 is 30.6 Å². The predicted molar refractivity (Wildman–Crippen MR) is 188 cm³/mol. The van der Waals surface area contributed by atoms with E-state index in [0.717, 1.165) is 61.2 Å². The van der Waals surface area contributed by atoms with Gasteiger partial charge in [0.05, 0.1) is 17.9 Å². The third-order valence-electron chi connectivity index (χ3n) is 11.0. The molecule has 2 amide bonds. The molecule has 0 aromatic heterocycles. The second kappa shape index (κ2) is 14.2. The molecule has 3 aromatic carbocycles. The van der Waals surface area contributed by atoms with Gasteiger partial charge in [0.2, 0.25) is 11.8 Å². The monoisotopic (exact) mass is 644 g/mol. The highest BCUT2D eigenvalue weighted by molar-refractivity contribution is 6.43. The summed E-state index contributed by atoms with van der Waals surface area (Å²) in [6.07, 6.45) is 6.20. The van der Waals surface area contributed by atoms with Gasteiger partial charge in [-0.15, -0.1) is 0 Å². The Labute approximate surface area is 284 Å². The smallest absolute Gasteiger partial charge is 0.455 e. The van der Waals surface area contributed by atoms with Crippen molar-refractivity contribution in [3.63, 3.8) is 0 Å². The van der Waals surface area contributed by atoms with Crippen LogP contribution in [0.3, 0.4) is 0 Å². The number of piperidine rings is 1. The Morgan fingerprint density at radius 2 is 1.60 bits per heavy atom. The summed E-state index contributed by atoms with van der Waals surface area (Å²) in [6, 6.07) is 27.8. The van der Waals surface area contributed by atoms with Gasteiger partial charge in [-0.25, -0.2) is 0 Å². The number of nitrogens with zero attached hydrogens (tertiary/aromatic N) is 2. The summed E-state index contributed by atoms with van der Waals surface area (Å²) in [5.41, 5.74) is 6.46. The van der Waals surface area contributed by atoms with Crippen molar-refractivity contribution in [2.75, 3.05) is 13.1 Å². The number of carbonyl (C=O) groups excluding carboxylic acids is 2. The van der Waals surface area contributed by atoms with E-state index in [-0.39, 0.29) is 41.5 Å². The van der Waals surface area contributed by atoms with E-state index in [0.29, 0.717) is 25.6 Å². The SMILES string of the molecule is CCC1=C2[C@@H](CC/C(=C/c3ccccc3O)c3ccccc3)OB(O)C[C@@H]2[C@@H]2C(=O)N(C3CCN(Cc4ccccc4)CC3)C(=O)[C@@H]2C1. The van der Waals surface area contributed by atoms with Crippen LogP contribution < -0.4 is 0 Å². The van der Waals surface area contributed by atoms with Crippen LogP contribution in [0, 0.1) is 17.8 Å². The van der Waals surface area contributed by atoms with Crippen LogP contribution in [-0.2, 0) is 20.8 Å².